The zero-order chi connectivity index (χ0) is 16.5. The minimum Gasteiger partial charge on any atom is -0.274 e. The molecule has 2 bridgehead atoms. The Bertz CT molecular complexity index is 770. The Morgan fingerprint density at radius 2 is 1.61 bits per heavy atom. The number of aryl methyl sites for hydroxylation is 1. The Morgan fingerprint density at radius 1 is 1.04 bits per heavy atom. The standard InChI is InChI=1S/C19H18ClNO2/c1-9(2)15-12-6-7-13(15)17-16(12)18(22)21(19(17)23)11-5-4-10(3)14(20)8-11/h4-8,12-13,16-17H,1-3H3. The highest BCUT2D eigenvalue weighted by Gasteiger charge is 2.61. The van der Waals surface area contributed by atoms with Crippen molar-refractivity contribution in [2.75, 3.05) is 4.90 Å². The third kappa shape index (κ3) is 1.83. The number of amides is 2. The van der Waals surface area contributed by atoms with Gasteiger partial charge in [0.25, 0.3) is 0 Å². The number of fused-ring (bicyclic) bond motifs is 5. The third-order valence-electron chi connectivity index (χ3n) is 5.41. The number of carbonyl (C=O) groups excluding carboxylic acids is 2. The van der Waals surface area contributed by atoms with Crippen LogP contribution in [0.2, 0.25) is 5.02 Å². The lowest BCUT2D eigenvalue weighted by atomic mass is 9.85. The van der Waals surface area contributed by atoms with Crippen molar-refractivity contribution in [1.29, 1.82) is 0 Å². The van der Waals surface area contributed by atoms with Crippen LogP contribution in [0.5, 0.6) is 0 Å². The van der Waals surface area contributed by atoms with E-state index in [1.807, 2.05) is 13.0 Å². The van der Waals surface area contributed by atoms with E-state index in [4.69, 9.17) is 11.6 Å². The number of benzene rings is 1. The molecular weight excluding hydrogens is 310 g/mol. The maximum Gasteiger partial charge on any atom is 0.238 e. The van der Waals surface area contributed by atoms with Crippen molar-refractivity contribution in [2.24, 2.45) is 23.7 Å². The largest absolute Gasteiger partial charge is 0.274 e. The van der Waals surface area contributed by atoms with Crippen LogP contribution in [-0.2, 0) is 9.59 Å². The summed E-state index contributed by atoms with van der Waals surface area (Å²) in [5.74, 6) is -0.509. The molecule has 0 aromatic heterocycles. The number of rotatable bonds is 1. The van der Waals surface area contributed by atoms with E-state index in [0.717, 1.165) is 5.56 Å². The smallest absolute Gasteiger partial charge is 0.238 e. The van der Waals surface area contributed by atoms with Crippen molar-refractivity contribution in [3.05, 3.63) is 52.1 Å². The van der Waals surface area contributed by atoms with E-state index in [1.165, 1.54) is 16.0 Å². The monoisotopic (exact) mass is 327 g/mol. The molecule has 1 saturated carbocycles. The van der Waals surface area contributed by atoms with E-state index in [1.54, 1.807) is 12.1 Å². The van der Waals surface area contributed by atoms with Gasteiger partial charge in [-0.2, -0.15) is 0 Å². The minimum absolute atomic E-state index is 0.0809. The van der Waals surface area contributed by atoms with Crippen LogP contribution in [0.15, 0.2) is 41.5 Å². The van der Waals surface area contributed by atoms with Crippen LogP contribution in [0.4, 0.5) is 5.69 Å². The quantitative estimate of drug-likeness (QED) is 0.579. The molecule has 1 saturated heterocycles. The van der Waals surface area contributed by atoms with Gasteiger partial charge < -0.3 is 0 Å². The summed E-state index contributed by atoms with van der Waals surface area (Å²) in [4.78, 5) is 27.3. The SMILES string of the molecule is CC(C)=C1C2C=CC1C1C(=O)N(c3ccc(C)c(Cl)c3)C(=O)C21. The molecule has 2 fully saturated rings. The molecule has 2 aliphatic carbocycles. The van der Waals surface area contributed by atoms with Gasteiger partial charge in [0, 0.05) is 16.9 Å². The highest BCUT2D eigenvalue weighted by atomic mass is 35.5. The summed E-state index contributed by atoms with van der Waals surface area (Å²) < 4.78 is 0. The van der Waals surface area contributed by atoms with Crippen molar-refractivity contribution < 1.29 is 9.59 Å². The average molecular weight is 328 g/mol. The van der Waals surface area contributed by atoms with Crippen LogP contribution >= 0.6 is 11.6 Å². The Balaban J connectivity index is 1.77. The Labute approximate surface area is 140 Å². The predicted octanol–water partition coefficient (Wildman–Crippen LogP) is 3.91. The second kappa shape index (κ2) is 4.81. The fraction of sp³-hybridized carbons (Fsp3) is 0.368. The number of nitrogens with zero attached hydrogens (tertiary/aromatic N) is 1. The average Bonchev–Trinajstić information content (AvgIpc) is 3.13. The molecule has 1 heterocycles. The highest BCUT2D eigenvalue weighted by molar-refractivity contribution is 6.32. The molecule has 0 N–H and O–H groups in total. The van der Waals surface area contributed by atoms with Crippen molar-refractivity contribution in [2.45, 2.75) is 20.8 Å². The normalized spacial score (nSPS) is 31.3. The summed E-state index contributed by atoms with van der Waals surface area (Å²) in [5.41, 5.74) is 4.01. The first-order valence-electron chi connectivity index (χ1n) is 7.91. The first kappa shape index (κ1) is 14.7. The van der Waals surface area contributed by atoms with E-state index < -0.39 is 0 Å². The molecule has 2 amide bonds. The molecule has 3 nitrogen and oxygen atoms in total. The Morgan fingerprint density at radius 3 is 2.09 bits per heavy atom. The van der Waals surface area contributed by atoms with Gasteiger partial charge >= 0.3 is 0 Å². The van der Waals surface area contributed by atoms with Crippen LogP contribution in [0.25, 0.3) is 0 Å². The molecule has 3 aliphatic rings. The van der Waals surface area contributed by atoms with Gasteiger partial charge in [-0.05, 0) is 38.5 Å². The van der Waals surface area contributed by atoms with Crippen LogP contribution in [0.3, 0.4) is 0 Å². The third-order valence-corrected chi connectivity index (χ3v) is 5.81. The van der Waals surface area contributed by atoms with Gasteiger partial charge in [0.1, 0.15) is 0 Å². The van der Waals surface area contributed by atoms with E-state index in [0.29, 0.717) is 10.7 Å². The van der Waals surface area contributed by atoms with E-state index in [9.17, 15) is 9.59 Å². The molecule has 4 atom stereocenters. The van der Waals surface area contributed by atoms with Crippen LogP contribution < -0.4 is 4.90 Å². The molecule has 1 aromatic carbocycles. The fourth-order valence-electron chi connectivity index (χ4n) is 4.41. The maximum absolute atomic E-state index is 13.0. The van der Waals surface area contributed by atoms with Gasteiger partial charge in [0.05, 0.1) is 17.5 Å². The van der Waals surface area contributed by atoms with E-state index in [-0.39, 0.29) is 35.5 Å². The van der Waals surface area contributed by atoms with Crippen LogP contribution in [0, 0.1) is 30.6 Å². The number of halogens is 1. The molecular formula is C19H18ClNO2. The van der Waals surface area contributed by atoms with Gasteiger partial charge in [-0.3, -0.25) is 9.59 Å². The molecule has 23 heavy (non-hydrogen) atoms. The number of carbonyl (C=O) groups is 2. The summed E-state index contributed by atoms with van der Waals surface area (Å²) in [6.07, 6.45) is 4.20. The summed E-state index contributed by atoms with van der Waals surface area (Å²) in [6.45, 7) is 6.03. The Hall–Kier alpha value is -1.87. The molecule has 1 aromatic rings. The van der Waals surface area contributed by atoms with Gasteiger partial charge in [-0.25, -0.2) is 4.90 Å². The zero-order valence-corrected chi connectivity index (χ0v) is 14.1. The lowest BCUT2D eigenvalue weighted by Gasteiger charge is -2.19. The van der Waals surface area contributed by atoms with Crippen molar-refractivity contribution in [3.63, 3.8) is 0 Å². The second-order valence-electron chi connectivity index (χ2n) is 6.89. The number of anilines is 1. The Kier molecular flexibility index (Phi) is 3.08. The van der Waals surface area contributed by atoms with Gasteiger partial charge in [0.15, 0.2) is 0 Å². The molecule has 4 unspecified atom stereocenters. The second-order valence-corrected chi connectivity index (χ2v) is 7.30. The number of hydrogen-bond donors (Lipinski definition) is 0. The maximum atomic E-state index is 13.0. The topological polar surface area (TPSA) is 37.4 Å². The molecule has 4 rings (SSSR count). The van der Waals surface area contributed by atoms with E-state index in [2.05, 4.69) is 26.0 Å². The molecule has 4 heteroatoms. The van der Waals surface area contributed by atoms with Gasteiger partial charge in [0.2, 0.25) is 11.8 Å². The summed E-state index contributed by atoms with van der Waals surface area (Å²) in [7, 11) is 0. The lowest BCUT2D eigenvalue weighted by molar-refractivity contribution is -0.122. The molecule has 0 spiro atoms. The molecule has 0 radical (unpaired) electrons. The fourth-order valence-corrected chi connectivity index (χ4v) is 4.58. The summed E-state index contributed by atoms with van der Waals surface area (Å²) >= 11 is 6.17. The number of hydrogen-bond acceptors (Lipinski definition) is 2. The lowest BCUT2D eigenvalue weighted by Crippen LogP contribution is -2.33. The van der Waals surface area contributed by atoms with Crippen LogP contribution in [-0.4, -0.2) is 11.8 Å². The van der Waals surface area contributed by atoms with Crippen molar-refractivity contribution in [3.8, 4) is 0 Å². The number of imide groups is 1. The summed E-state index contributed by atoms with van der Waals surface area (Å²) in [5, 5.41) is 0.575. The van der Waals surface area contributed by atoms with Gasteiger partial charge in [-0.15, -0.1) is 0 Å². The van der Waals surface area contributed by atoms with Crippen LogP contribution in [0.1, 0.15) is 19.4 Å². The first-order valence-corrected chi connectivity index (χ1v) is 8.29. The van der Waals surface area contributed by atoms with E-state index >= 15 is 0 Å². The molecule has 118 valence electrons. The summed E-state index contributed by atoms with van der Waals surface area (Å²) in [6, 6.07) is 5.36. The first-order chi connectivity index (χ1) is 10.9. The highest BCUT2D eigenvalue weighted by Crippen LogP contribution is 2.57. The van der Waals surface area contributed by atoms with Gasteiger partial charge in [-0.1, -0.05) is 41.0 Å². The number of allylic oxidation sites excluding steroid dienone is 4. The van der Waals surface area contributed by atoms with Crippen molar-refractivity contribution >= 4 is 29.1 Å². The van der Waals surface area contributed by atoms with Crippen molar-refractivity contribution in [1.82, 2.24) is 0 Å². The minimum atomic E-state index is -0.248. The predicted molar refractivity (Wildman–Crippen MR) is 90.2 cm³/mol. The molecule has 1 aliphatic heterocycles. The zero-order valence-electron chi connectivity index (χ0n) is 13.3.